The van der Waals surface area contributed by atoms with Gasteiger partial charge < -0.3 is 10.6 Å². The summed E-state index contributed by atoms with van der Waals surface area (Å²) in [5.41, 5.74) is 3.57. The molecule has 7 nitrogen and oxygen atoms in total. The summed E-state index contributed by atoms with van der Waals surface area (Å²) in [7, 11) is 0. The molecule has 1 aromatic heterocycles. The monoisotopic (exact) mass is 431 g/mol. The molecular weight excluding hydrogens is 413 g/mol. The first-order valence-corrected chi connectivity index (χ1v) is 9.54. The summed E-state index contributed by atoms with van der Waals surface area (Å²) in [5.74, 6) is -0.730. The summed E-state index contributed by atoms with van der Waals surface area (Å²) in [6.45, 7) is 5.32. The van der Waals surface area contributed by atoms with Crippen LogP contribution in [-0.2, 0) is 11.3 Å². The molecule has 29 heavy (non-hydrogen) atoms. The molecule has 9 heteroatoms. The van der Waals surface area contributed by atoms with E-state index in [-0.39, 0.29) is 18.1 Å². The highest BCUT2D eigenvalue weighted by Gasteiger charge is 2.19. The van der Waals surface area contributed by atoms with Gasteiger partial charge in [0.25, 0.3) is 5.91 Å². The van der Waals surface area contributed by atoms with Crippen LogP contribution in [0, 0.1) is 20.8 Å². The zero-order chi connectivity index (χ0) is 21.1. The fourth-order valence-corrected chi connectivity index (χ4v) is 3.03. The number of benzene rings is 2. The molecule has 2 amide bonds. The van der Waals surface area contributed by atoms with Crippen molar-refractivity contribution in [3.8, 4) is 0 Å². The second-order valence-electron chi connectivity index (χ2n) is 6.60. The van der Waals surface area contributed by atoms with Crippen molar-refractivity contribution in [2.24, 2.45) is 0 Å². The van der Waals surface area contributed by atoms with Gasteiger partial charge in [0.05, 0.1) is 5.69 Å². The van der Waals surface area contributed by atoms with Crippen molar-refractivity contribution in [3.63, 3.8) is 0 Å². The van der Waals surface area contributed by atoms with E-state index in [2.05, 4.69) is 20.9 Å². The summed E-state index contributed by atoms with van der Waals surface area (Å²) in [6, 6.07) is 10.5. The fraction of sp³-hybridized carbons (Fsp3) is 0.200. The number of rotatable bonds is 5. The number of aromatic nitrogens is 3. The van der Waals surface area contributed by atoms with E-state index in [9.17, 15) is 9.59 Å². The van der Waals surface area contributed by atoms with Crippen LogP contribution in [-0.4, -0.2) is 26.8 Å². The average Bonchev–Trinajstić information content (AvgIpc) is 3.01. The zero-order valence-corrected chi connectivity index (χ0v) is 17.6. The Balaban J connectivity index is 1.71. The van der Waals surface area contributed by atoms with Crippen molar-refractivity contribution in [2.75, 3.05) is 10.6 Å². The third kappa shape index (κ3) is 4.93. The van der Waals surface area contributed by atoms with Gasteiger partial charge in [-0.2, -0.15) is 0 Å². The van der Waals surface area contributed by atoms with Gasteiger partial charge in [0.2, 0.25) is 5.91 Å². The van der Waals surface area contributed by atoms with Crippen LogP contribution >= 0.6 is 23.2 Å². The summed E-state index contributed by atoms with van der Waals surface area (Å²) >= 11 is 12.0. The van der Waals surface area contributed by atoms with E-state index in [1.165, 1.54) is 4.68 Å². The van der Waals surface area contributed by atoms with Crippen LogP contribution in [0.25, 0.3) is 0 Å². The number of amides is 2. The van der Waals surface area contributed by atoms with Crippen molar-refractivity contribution in [1.29, 1.82) is 0 Å². The minimum atomic E-state index is -0.426. The maximum atomic E-state index is 12.6. The van der Waals surface area contributed by atoms with Crippen molar-refractivity contribution >= 4 is 46.4 Å². The molecule has 3 aromatic rings. The summed E-state index contributed by atoms with van der Waals surface area (Å²) < 4.78 is 1.37. The van der Waals surface area contributed by atoms with Crippen molar-refractivity contribution < 1.29 is 9.59 Å². The maximum Gasteiger partial charge on any atom is 0.278 e. The molecule has 0 spiro atoms. The lowest BCUT2D eigenvalue weighted by Crippen LogP contribution is -2.21. The van der Waals surface area contributed by atoms with Crippen LogP contribution in [0.5, 0.6) is 0 Å². The topological polar surface area (TPSA) is 88.9 Å². The van der Waals surface area contributed by atoms with E-state index in [0.29, 0.717) is 27.1 Å². The number of aryl methyl sites for hydroxylation is 2. The number of hydrogen-bond acceptors (Lipinski definition) is 4. The minimum absolute atomic E-state index is 0.0890. The number of nitrogens with zero attached hydrogens (tertiary/aromatic N) is 3. The molecule has 0 unspecified atom stereocenters. The largest absolute Gasteiger partial charge is 0.324 e. The molecule has 2 N–H and O–H groups in total. The van der Waals surface area contributed by atoms with E-state index in [1.54, 1.807) is 31.2 Å². The van der Waals surface area contributed by atoms with Gasteiger partial charge in [0, 0.05) is 21.4 Å². The standard InChI is InChI=1S/C20H19Cl2N5O2/c1-11-4-6-14(21)8-16(11)23-18(28)10-27-13(3)19(25-26-27)20(29)24-17-9-15(22)7-5-12(17)2/h4-9H,10H2,1-3H3,(H,23,28)(H,24,29). The molecule has 2 aromatic carbocycles. The van der Waals surface area contributed by atoms with E-state index in [0.717, 1.165) is 11.1 Å². The second-order valence-corrected chi connectivity index (χ2v) is 7.47. The molecule has 0 bridgehead atoms. The fourth-order valence-electron chi connectivity index (χ4n) is 2.69. The molecule has 0 atom stereocenters. The van der Waals surface area contributed by atoms with Gasteiger partial charge in [-0.3, -0.25) is 9.59 Å². The number of nitrogens with one attached hydrogen (secondary N) is 2. The Hall–Kier alpha value is -2.90. The van der Waals surface area contributed by atoms with Gasteiger partial charge >= 0.3 is 0 Å². The highest BCUT2D eigenvalue weighted by atomic mass is 35.5. The Morgan fingerprint density at radius 3 is 2.07 bits per heavy atom. The summed E-state index contributed by atoms with van der Waals surface area (Å²) in [5, 5.41) is 14.5. The first kappa shape index (κ1) is 20.8. The smallest absolute Gasteiger partial charge is 0.278 e. The number of halogens is 2. The van der Waals surface area contributed by atoms with Gasteiger partial charge in [-0.15, -0.1) is 5.10 Å². The quantitative estimate of drug-likeness (QED) is 0.626. The number of anilines is 2. The summed E-state index contributed by atoms with van der Waals surface area (Å²) in [4.78, 5) is 25.0. The van der Waals surface area contributed by atoms with Crippen molar-refractivity contribution in [1.82, 2.24) is 15.0 Å². The van der Waals surface area contributed by atoms with Crippen molar-refractivity contribution in [2.45, 2.75) is 27.3 Å². The minimum Gasteiger partial charge on any atom is -0.324 e. The number of carbonyl (C=O) groups is 2. The highest BCUT2D eigenvalue weighted by Crippen LogP contribution is 2.22. The third-order valence-corrected chi connectivity index (χ3v) is 4.88. The van der Waals surface area contributed by atoms with Gasteiger partial charge in [0.1, 0.15) is 6.54 Å². The Morgan fingerprint density at radius 2 is 1.48 bits per heavy atom. The van der Waals surface area contributed by atoms with E-state index in [1.807, 2.05) is 26.0 Å². The van der Waals surface area contributed by atoms with E-state index in [4.69, 9.17) is 23.2 Å². The lowest BCUT2D eigenvalue weighted by molar-refractivity contribution is -0.117. The molecule has 0 aliphatic heterocycles. The van der Waals surface area contributed by atoms with Crippen LogP contribution < -0.4 is 10.6 Å². The Bertz CT molecular complexity index is 1090. The molecule has 1 heterocycles. The average molecular weight is 432 g/mol. The molecule has 0 saturated carbocycles. The second kappa shape index (κ2) is 8.63. The van der Waals surface area contributed by atoms with Crippen LogP contribution in [0.1, 0.15) is 27.3 Å². The lowest BCUT2D eigenvalue weighted by Gasteiger charge is -2.10. The Kier molecular flexibility index (Phi) is 6.20. The normalized spacial score (nSPS) is 10.7. The molecule has 0 saturated heterocycles. The lowest BCUT2D eigenvalue weighted by atomic mass is 10.2. The van der Waals surface area contributed by atoms with Crippen molar-refractivity contribution in [3.05, 3.63) is 69.0 Å². The van der Waals surface area contributed by atoms with Crippen LogP contribution in [0.15, 0.2) is 36.4 Å². The first-order chi connectivity index (χ1) is 13.7. The zero-order valence-electron chi connectivity index (χ0n) is 16.1. The van der Waals surface area contributed by atoms with Gasteiger partial charge in [-0.1, -0.05) is 40.5 Å². The maximum absolute atomic E-state index is 12.6. The summed E-state index contributed by atoms with van der Waals surface area (Å²) in [6.07, 6.45) is 0. The van der Waals surface area contributed by atoms with Crippen LogP contribution in [0.3, 0.4) is 0 Å². The number of hydrogen-bond donors (Lipinski definition) is 2. The van der Waals surface area contributed by atoms with Crippen LogP contribution in [0.2, 0.25) is 10.0 Å². The molecular formula is C20H19Cl2N5O2. The molecule has 0 aliphatic carbocycles. The van der Waals surface area contributed by atoms with Gasteiger partial charge in [0.15, 0.2) is 5.69 Å². The van der Waals surface area contributed by atoms with Gasteiger partial charge in [-0.25, -0.2) is 4.68 Å². The predicted molar refractivity (Wildman–Crippen MR) is 114 cm³/mol. The van der Waals surface area contributed by atoms with Gasteiger partial charge in [-0.05, 0) is 56.2 Å². The molecule has 0 fully saturated rings. The molecule has 150 valence electrons. The Labute approximate surface area is 178 Å². The molecule has 0 radical (unpaired) electrons. The number of carbonyl (C=O) groups excluding carboxylic acids is 2. The van der Waals surface area contributed by atoms with E-state index >= 15 is 0 Å². The third-order valence-electron chi connectivity index (χ3n) is 4.41. The first-order valence-electron chi connectivity index (χ1n) is 8.78. The highest BCUT2D eigenvalue weighted by molar-refractivity contribution is 6.31. The predicted octanol–water partition coefficient (Wildman–Crippen LogP) is 4.40. The Morgan fingerprint density at radius 1 is 0.931 bits per heavy atom. The SMILES string of the molecule is Cc1ccc(Cl)cc1NC(=O)Cn1nnc(C(=O)Nc2cc(Cl)ccc2C)c1C. The van der Waals surface area contributed by atoms with Crippen LogP contribution in [0.4, 0.5) is 11.4 Å². The molecule has 0 aliphatic rings. The molecule has 3 rings (SSSR count). The van der Waals surface area contributed by atoms with E-state index < -0.39 is 5.91 Å².